The lowest BCUT2D eigenvalue weighted by Crippen LogP contribution is -2.43. The number of hydrogen-bond donors (Lipinski definition) is 3. The fourth-order valence-corrected chi connectivity index (χ4v) is 8.07. The minimum absolute atomic E-state index is 0.0334. The first kappa shape index (κ1) is 58.3. The Morgan fingerprint density at radius 2 is 1.31 bits per heavy atom. The Bertz CT molecular complexity index is 1230. The zero-order chi connectivity index (χ0) is 45.9. The maximum atomic E-state index is 12.8. The van der Waals surface area contributed by atoms with Gasteiger partial charge in [0.05, 0.1) is 46.1 Å². The second-order valence-electron chi connectivity index (χ2n) is 18.4. The number of carbonyl (C=O) groups is 2. The summed E-state index contributed by atoms with van der Waals surface area (Å²) in [5.74, 6) is -1.34. The highest BCUT2D eigenvalue weighted by atomic mass is 31.2. The van der Waals surface area contributed by atoms with Crippen molar-refractivity contribution in [2.24, 2.45) is 5.92 Å². The molecule has 364 valence electrons. The van der Waals surface area contributed by atoms with Crippen LogP contribution >= 0.6 is 7.82 Å². The summed E-state index contributed by atoms with van der Waals surface area (Å²) >= 11 is 0. The number of aliphatic hydroxyl groups is 3. The van der Waals surface area contributed by atoms with Gasteiger partial charge >= 0.3 is 11.9 Å². The number of allylic oxidation sites excluding steroid dienone is 2. The van der Waals surface area contributed by atoms with Gasteiger partial charge in [0.1, 0.15) is 19.8 Å². The van der Waals surface area contributed by atoms with Crippen molar-refractivity contribution in [3.63, 3.8) is 0 Å². The number of likely N-dealkylation sites (N-methyl/N-ethyl adjacent to an activating group) is 1. The van der Waals surface area contributed by atoms with Crippen molar-refractivity contribution in [1.82, 2.24) is 0 Å². The zero-order valence-corrected chi connectivity index (χ0v) is 40.5. The first-order valence-electron chi connectivity index (χ1n) is 24.4. The highest BCUT2D eigenvalue weighted by Gasteiger charge is 2.35. The quantitative estimate of drug-likeness (QED) is 0.0175. The molecule has 14 heteroatoms. The van der Waals surface area contributed by atoms with Gasteiger partial charge in [-0.1, -0.05) is 160 Å². The molecule has 0 aliphatic carbocycles. The summed E-state index contributed by atoms with van der Waals surface area (Å²) in [6.45, 7) is 3.82. The molecule has 13 nitrogen and oxygen atoms in total. The van der Waals surface area contributed by atoms with E-state index >= 15 is 0 Å². The van der Waals surface area contributed by atoms with Gasteiger partial charge in [-0.25, -0.2) is 0 Å². The molecule has 1 heterocycles. The zero-order valence-electron chi connectivity index (χ0n) is 39.6. The Kier molecular flexibility index (Phi) is 34.4. The molecule has 1 rings (SSSR count). The first-order valence-corrected chi connectivity index (χ1v) is 25.9. The molecule has 0 bridgehead atoms. The fourth-order valence-electron chi connectivity index (χ4n) is 7.34. The summed E-state index contributed by atoms with van der Waals surface area (Å²) < 4.78 is 39.6. The van der Waals surface area contributed by atoms with E-state index in [0.29, 0.717) is 43.1 Å². The van der Waals surface area contributed by atoms with Crippen molar-refractivity contribution in [3.8, 4) is 0 Å². The maximum absolute atomic E-state index is 12.8. The molecule has 2 unspecified atom stereocenters. The van der Waals surface area contributed by atoms with Crippen LogP contribution in [-0.2, 0) is 37.4 Å². The molecule has 0 saturated carbocycles. The molecule has 7 atom stereocenters. The van der Waals surface area contributed by atoms with E-state index in [0.717, 1.165) is 38.5 Å². The Morgan fingerprint density at radius 3 is 1.89 bits per heavy atom. The SMILES string of the molecule is CCCCCCCCCCCCCCCCCCCC(=O)OC[C@H](COP(=O)([O-])OCC[N+](C)(C)C)OC(=O)CCC/C=C\C[C@H]1[C@@H](O)CC(O)O[C@@H]1/C=C/[C@@H](O)CCCCC. The molecule has 62 heavy (non-hydrogen) atoms. The summed E-state index contributed by atoms with van der Waals surface area (Å²) in [5, 5.41) is 31.1. The van der Waals surface area contributed by atoms with E-state index in [9.17, 15) is 34.4 Å². The number of hydrogen-bond acceptors (Lipinski definition) is 12. The third-order valence-corrected chi connectivity index (χ3v) is 12.2. The Hall–Kier alpha value is -1.67. The standard InChI is InChI=1S/C48H90NO12P/c1-6-8-10-11-12-13-14-15-16-17-18-19-20-21-22-23-28-32-46(52)57-39-42(40-59-62(55,56)58-37-36-49(3,4)5)60-47(53)33-29-25-24-27-31-43-44(51)38-48(54)61-45(43)35-34-41(50)30-26-9-7-2/h24,27,34-35,41-45,48,50-51,54H,6-23,25-26,28-33,36-40H2,1-5H3/b27-24-,35-34+/t41-,42+,43-,44-,45+,48?/m0/s1. The lowest BCUT2D eigenvalue weighted by atomic mass is 9.87. The Morgan fingerprint density at radius 1 is 0.758 bits per heavy atom. The lowest BCUT2D eigenvalue weighted by molar-refractivity contribution is -0.870. The van der Waals surface area contributed by atoms with Crippen LogP contribution in [0.15, 0.2) is 24.3 Å². The summed E-state index contributed by atoms with van der Waals surface area (Å²) in [4.78, 5) is 37.9. The van der Waals surface area contributed by atoms with Crippen LogP contribution < -0.4 is 4.89 Å². The van der Waals surface area contributed by atoms with Crippen LogP contribution in [0.1, 0.15) is 187 Å². The molecule has 1 aliphatic rings. The van der Waals surface area contributed by atoms with Crippen molar-refractivity contribution in [3.05, 3.63) is 24.3 Å². The van der Waals surface area contributed by atoms with Gasteiger partial charge in [0.15, 0.2) is 12.4 Å². The van der Waals surface area contributed by atoms with Gasteiger partial charge in [0, 0.05) is 25.2 Å². The van der Waals surface area contributed by atoms with Gasteiger partial charge in [0.25, 0.3) is 7.82 Å². The molecule has 1 saturated heterocycles. The van der Waals surface area contributed by atoms with E-state index < -0.39 is 57.1 Å². The molecule has 0 aromatic heterocycles. The number of phosphoric acid groups is 1. The maximum Gasteiger partial charge on any atom is 0.306 e. The molecule has 1 aliphatic heterocycles. The van der Waals surface area contributed by atoms with Gasteiger partial charge in [-0.05, 0) is 32.1 Å². The molecular weight excluding hydrogens is 813 g/mol. The molecule has 0 radical (unpaired) electrons. The summed E-state index contributed by atoms with van der Waals surface area (Å²) in [6.07, 6.45) is 29.6. The molecule has 3 N–H and O–H groups in total. The van der Waals surface area contributed by atoms with Crippen LogP contribution in [0, 0.1) is 5.92 Å². The van der Waals surface area contributed by atoms with E-state index in [1.165, 1.54) is 83.5 Å². The molecule has 0 amide bonds. The van der Waals surface area contributed by atoms with Crippen LogP contribution in [0.5, 0.6) is 0 Å². The molecule has 1 fully saturated rings. The predicted molar refractivity (Wildman–Crippen MR) is 244 cm³/mol. The number of quaternary nitrogens is 1. The summed E-state index contributed by atoms with van der Waals surface area (Å²) in [7, 11) is 1.00. The minimum atomic E-state index is -4.70. The minimum Gasteiger partial charge on any atom is -0.756 e. The average Bonchev–Trinajstić information content (AvgIpc) is 3.20. The second kappa shape index (κ2) is 36.5. The predicted octanol–water partition coefficient (Wildman–Crippen LogP) is 9.39. The molecular formula is C48H90NO12P. The topological polar surface area (TPSA) is 181 Å². The molecule has 0 aromatic carbocycles. The van der Waals surface area contributed by atoms with Crippen LogP contribution in [0.2, 0.25) is 0 Å². The van der Waals surface area contributed by atoms with E-state index in [2.05, 4.69) is 13.8 Å². The average molecular weight is 904 g/mol. The van der Waals surface area contributed by atoms with Crippen molar-refractivity contribution in [2.75, 3.05) is 47.5 Å². The monoisotopic (exact) mass is 904 g/mol. The van der Waals surface area contributed by atoms with Crippen LogP contribution in [0.25, 0.3) is 0 Å². The Balaban J connectivity index is 2.48. The molecule has 0 aromatic rings. The third-order valence-electron chi connectivity index (χ3n) is 11.3. The number of nitrogens with zero attached hydrogens (tertiary/aromatic N) is 1. The number of rotatable bonds is 40. The normalized spacial score (nSPS) is 20.4. The number of esters is 2. The van der Waals surface area contributed by atoms with Crippen molar-refractivity contribution in [2.45, 2.75) is 218 Å². The van der Waals surface area contributed by atoms with Gasteiger partial charge in [-0.3, -0.25) is 14.2 Å². The summed E-state index contributed by atoms with van der Waals surface area (Å²) in [6, 6.07) is 0. The van der Waals surface area contributed by atoms with Gasteiger partial charge in [-0.15, -0.1) is 0 Å². The number of aliphatic hydroxyl groups excluding tert-OH is 3. The van der Waals surface area contributed by atoms with Crippen LogP contribution in [-0.4, -0.2) is 110 Å². The van der Waals surface area contributed by atoms with Crippen LogP contribution in [0.3, 0.4) is 0 Å². The number of carbonyl (C=O) groups excluding carboxylic acids is 2. The van der Waals surface area contributed by atoms with E-state index in [4.69, 9.17) is 23.3 Å². The highest BCUT2D eigenvalue weighted by molar-refractivity contribution is 7.45. The van der Waals surface area contributed by atoms with E-state index in [-0.39, 0.29) is 38.4 Å². The Labute approximate surface area is 376 Å². The first-order chi connectivity index (χ1) is 29.7. The number of ether oxygens (including phenoxy) is 3. The van der Waals surface area contributed by atoms with Crippen LogP contribution in [0.4, 0.5) is 0 Å². The van der Waals surface area contributed by atoms with Gasteiger partial charge in [-0.2, -0.15) is 0 Å². The summed E-state index contributed by atoms with van der Waals surface area (Å²) in [5.41, 5.74) is 0. The van der Waals surface area contributed by atoms with Gasteiger partial charge < -0.3 is 48.0 Å². The van der Waals surface area contributed by atoms with Crippen molar-refractivity contribution >= 4 is 19.8 Å². The van der Waals surface area contributed by atoms with Gasteiger partial charge in [0.2, 0.25) is 0 Å². The van der Waals surface area contributed by atoms with Crippen molar-refractivity contribution < 1.29 is 62.1 Å². The fraction of sp³-hybridized carbons (Fsp3) is 0.875. The number of phosphoric ester groups is 1. The van der Waals surface area contributed by atoms with E-state index in [1.54, 1.807) is 12.2 Å². The molecule has 0 spiro atoms. The largest absolute Gasteiger partial charge is 0.756 e. The van der Waals surface area contributed by atoms with Crippen molar-refractivity contribution in [1.29, 1.82) is 0 Å². The number of unbranched alkanes of at least 4 members (excludes halogenated alkanes) is 19. The lowest BCUT2D eigenvalue weighted by Gasteiger charge is -2.36. The van der Waals surface area contributed by atoms with E-state index in [1.807, 2.05) is 33.3 Å². The second-order valence-corrected chi connectivity index (χ2v) is 19.8. The smallest absolute Gasteiger partial charge is 0.306 e. The third kappa shape index (κ3) is 33.8. The highest BCUT2D eigenvalue weighted by Crippen LogP contribution is 2.38.